The molecule has 0 aliphatic heterocycles. The first-order valence-corrected chi connectivity index (χ1v) is 8.00. The summed E-state index contributed by atoms with van der Waals surface area (Å²) in [4.78, 5) is 5.63. The first-order chi connectivity index (χ1) is 8.19. The average molecular weight is 423 g/mol. The fraction of sp³-hybridized carbons (Fsp3) is 0.250. The Morgan fingerprint density at radius 2 is 2.29 bits per heavy atom. The lowest BCUT2D eigenvalue weighted by molar-refractivity contribution is 1.09. The van der Waals surface area contributed by atoms with E-state index in [1.165, 1.54) is 13.5 Å². The average Bonchev–Trinajstić information content (AvgIpc) is 2.78. The Bertz CT molecular complexity index is 513. The fourth-order valence-electron chi connectivity index (χ4n) is 1.41. The van der Waals surface area contributed by atoms with Crippen LogP contribution in [0.1, 0.15) is 16.8 Å². The first kappa shape index (κ1) is 13.3. The van der Waals surface area contributed by atoms with Gasteiger partial charge in [0.25, 0.3) is 0 Å². The summed E-state index contributed by atoms with van der Waals surface area (Å²) in [7, 11) is 0. The molecule has 0 aliphatic rings. The van der Waals surface area contributed by atoms with Crippen molar-refractivity contribution in [3.05, 3.63) is 42.3 Å². The zero-order valence-electron chi connectivity index (χ0n) is 9.34. The third-order valence-electron chi connectivity index (χ3n) is 2.29. The highest BCUT2D eigenvalue weighted by Crippen LogP contribution is 2.24. The highest BCUT2D eigenvalue weighted by Gasteiger charge is 2.03. The predicted octanol–water partition coefficient (Wildman–Crippen LogP) is 4.68. The molecule has 0 unspecified atom stereocenters. The number of nitrogens with zero attached hydrogens (tertiary/aromatic N) is 1. The van der Waals surface area contributed by atoms with Gasteiger partial charge in [0, 0.05) is 24.8 Å². The maximum absolute atomic E-state index is 4.35. The lowest BCUT2D eigenvalue weighted by Crippen LogP contribution is -1.99. The Balaban J connectivity index is 2.04. The summed E-state index contributed by atoms with van der Waals surface area (Å²) in [6, 6.07) is 6.25. The topological polar surface area (TPSA) is 24.9 Å². The molecule has 0 radical (unpaired) electrons. The van der Waals surface area contributed by atoms with Crippen LogP contribution in [0.2, 0.25) is 0 Å². The molecule has 0 fully saturated rings. The van der Waals surface area contributed by atoms with E-state index in [0.717, 1.165) is 23.1 Å². The number of anilines is 1. The van der Waals surface area contributed by atoms with Crippen molar-refractivity contribution in [1.29, 1.82) is 0 Å². The number of aromatic nitrogens is 1. The van der Waals surface area contributed by atoms with Gasteiger partial charge in [0.1, 0.15) is 0 Å². The Labute approximate surface area is 127 Å². The van der Waals surface area contributed by atoms with E-state index in [-0.39, 0.29) is 0 Å². The molecule has 5 heteroatoms. The number of halogens is 2. The van der Waals surface area contributed by atoms with Crippen molar-refractivity contribution in [2.45, 2.75) is 19.9 Å². The van der Waals surface area contributed by atoms with Crippen molar-refractivity contribution in [3.8, 4) is 0 Å². The summed E-state index contributed by atoms with van der Waals surface area (Å²) >= 11 is 7.60. The lowest BCUT2D eigenvalue weighted by atomic mass is 10.3. The summed E-state index contributed by atoms with van der Waals surface area (Å²) in [6.45, 7) is 2.97. The molecule has 0 saturated heterocycles. The number of aryl methyl sites for hydroxylation is 1. The summed E-state index contributed by atoms with van der Waals surface area (Å²) in [5, 5.41) is 4.64. The van der Waals surface area contributed by atoms with Crippen molar-refractivity contribution in [1.82, 2.24) is 4.98 Å². The van der Waals surface area contributed by atoms with Crippen LogP contribution in [-0.4, -0.2) is 4.98 Å². The minimum atomic E-state index is 0.837. The van der Waals surface area contributed by atoms with Gasteiger partial charge in [-0.25, -0.2) is 4.98 Å². The number of hydrogen-bond acceptors (Lipinski definition) is 3. The summed E-state index contributed by atoms with van der Waals surface area (Å²) in [6.07, 6.45) is 2.97. The van der Waals surface area contributed by atoms with Gasteiger partial charge in [0.05, 0.1) is 11.6 Å². The molecule has 2 aromatic rings. The Hall–Kier alpha value is -0.140. The zero-order chi connectivity index (χ0) is 12.3. The monoisotopic (exact) mass is 422 g/mol. The molecule has 0 saturated carbocycles. The molecular weight excluding hydrogens is 411 g/mol. The summed E-state index contributed by atoms with van der Waals surface area (Å²) in [5.74, 6) is 0. The van der Waals surface area contributed by atoms with Crippen molar-refractivity contribution < 1.29 is 0 Å². The number of rotatable bonds is 4. The van der Waals surface area contributed by atoms with Crippen LogP contribution in [0.4, 0.5) is 5.69 Å². The van der Waals surface area contributed by atoms with E-state index >= 15 is 0 Å². The number of nitrogens with one attached hydrogen (secondary N) is 1. The normalized spacial score (nSPS) is 10.5. The minimum absolute atomic E-state index is 0.837. The Kier molecular flexibility index (Phi) is 4.81. The van der Waals surface area contributed by atoms with Gasteiger partial charge in [-0.15, -0.1) is 11.3 Å². The predicted molar refractivity (Wildman–Crippen MR) is 85.7 cm³/mol. The smallest absolute Gasteiger partial charge is 0.0925 e. The highest BCUT2D eigenvalue weighted by atomic mass is 127. The van der Waals surface area contributed by atoms with E-state index in [1.54, 1.807) is 11.3 Å². The SMILES string of the molecule is CCc1ncc(CNc2cc(Br)ccc2I)s1. The minimum Gasteiger partial charge on any atom is -0.379 e. The van der Waals surface area contributed by atoms with E-state index in [2.05, 4.69) is 73.9 Å². The molecule has 1 heterocycles. The third kappa shape index (κ3) is 3.66. The maximum atomic E-state index is 4.35. The van der Waals surface area contributed by atoms with Gasteiger partial charge in [-0.1, -0.05) is 22.9 Å². The van der Waals surface area contributed by atoms with Gasteiger partial charge in [-0.05, 0) is 47.2 Å². The van der Waals surface area contributed by atoms with Crippen molar-refractivity contribution in [3.63, 3.8) is 0 Å². The molecule has 17 heavy (non-hydrogen) atoms. The maximum Gasteiger partial charge on any atom is 0.0925 e. The van der Waals surface area contributed by atoms with Gasteiger partial charge in [-0.2, -0.15) is 0 Å². The van der Waals surface area contributed by atoms with Crippen molar-refractivity contribution in [2.75, 3.05) is 5.32 Å². The van der Waals surface area contributed by atoms with E-state index in [4.69, 9.17) is 0 Å². The molecule has 0 spiro atoms. The second kappa shape index (κ2) is 6.15. The quantitative estimate of drug-likeness (QED) is 0.723. The van der Waals surface area contributed by atoms with Gasteiger partial charge in [0.15, 0.2) is 0 Å². The van der Waals surface area contributed by atoms with Gasteiger partial charge >= 0.3 is 0 Å². The van der Waals surface area contributed by atoms with Crippen LogP contribution >= 0.6 is 49.9 Å². The van der Waals surface area contributed by atoms with Crippen LogP contribution in [0.15, 0.2) is 28.9 Å². The molecule has 1 aromatic heterocycles. The van der Waals surface area contributed by atoms with Crippen LogP contribution < -0.4 is 5.32 Å². The Morgan fingerprint density at radius 3 is 3.00 bits per heavy atom. The third-order valence-corrected chi connectivity index (χ3v) is 4.86. The fourth-order valence-corrected chi connectivity index (χ4v) is 3.10. The number of hydrogen-bond donors (Lipinski definition) is 1. The van der Waals surface area contributed by atoms with Crippen molar-refractivity contribution >= 4 is 55.5 Å². The molecule has 90 valence electrons. The molecule has 0 bridgehead atoms. The molecule has 1 aromatic carbocycles. The van der Waals surface area contributed by atoms with Gasteiger partial charge < -0.3 is 5.32 Å². The second-order valence-electron chi connectivity index (χ2n) is 3.55. The second-order valence-corrected chi connectivity index (χ2v) is 6.83. The van der Waals surface area contributed by atoms with E-state index < -0.39 is 0 Å². The number of thiazole rings is 1. The lowest BCUT2D eigenvalue weighted by Gasteiger charge is -2.07. The van der Waals surface area contributed by atoms with E-state index in [0.29, 0.717) is 0 Å². The molecule has 2 rings (SSSR count). The van der Waals surface area contributed by atoms with Crippen LogP contribution in [0.3, 0.4) is 0 Å². The van der Waals surface area contributed by atoms with Crippen LogP contribution in [-0.2, 0) is 13.0 Å². The first-order valence-electron chi connectivity index (χ1n) is 5.31. The van der Waals surface area contributed by atoms with E-state index in [1.807, 2.05) is 6.20 Å². The molecule has 2 nitrogen and oxygen atoms in total. The van der Waals surface area contributed by atoms with Crippen LogP contribution in [0, 0.1) is 3.57 Å². The highest BCUT2D eigenvalue weighted by molar-refractivity contribution is 14.1. The number of benzene rings is 1. The molecule has 0 aliphatic carbocycles. The van der Waals surface area contributed by atoms with Gasteiger partial charge in [-0.3, -0.25) is 0 Å². The zero-order valence-corrected chi connectivity index (χ0v) is 13.9. The largest absolute Gasteiger partial charge is 0.379 e. The molecule has 0 atom stereocenters. The molecular formula is C12H12BrIN2S. The molecule has 0 amide bonds. The Morgan fingerprint density at radius 1 is 1.47 bits per heavy atom. The summed E-state index contributed by atoms with van der Waals surface area (Å²) in [5.41, 5.74) is 1.16. The van der Waals surface area contributed by atoms with Crippen LogP contribution in [0.25, 0.3) is 0 Å². The van der Waals surface area contributed by atoms with E-state index in [9.17, 15) is 0 Å². The molecule has 1 N–H and O–H groups in total. The standard InChI is InChI=1S/C12H12BrIN2S/c1-2-12-16-7-9(17-12)6-15-11-5-8(13)3-4-10(11)14/h3-5,7,15H,2,6H2,1H3. The summed E-state index contributed by atoms with van der Waals surface area (Å²) < 4.78 is 2.32. The van der Waals surface area contributed by atoms with Crippen LogP contribution in [0.5, 0.6) is 0 Å². The van der Waals surface area contributed by atoms with Crippen molar-refractivity contribution in [2.24, 2.45) is 0 Å². The van der Waals surface area contributed by atoms with Gasteiger partial charge in [0.2, 0.25) is 0 Å².